The van der Waals surface area contributed by atoms with Crippen LogP contribution < -0.4 is 15.2 Å². The molecule has 0 bridgehead atoms. The molecule has 3 rings (SSSR count). The molecule has 27 heavy (non-hydrogen) atoms. The number of hydrogen-bond acceptors (Lipinski definition) is 6. The lowest BCUT2D eigenvalue weighted by Crippen LogP contribution is -2.33. The molecule has 7 heteroatoms. The van der Waals surface area contributed by atoms with Crippen LogP contribution in [-0.4, -0.2) is 20.0 Å². The number of halogens is 1. The summed E-state index contributed by atoms with van der Waals surface area (Å²) in [5.74, 6) is 0.787. The maximum absolute atomic E-state index is 13.0. The highest BCUT2D eigenvalue weighted by Crippen LogP contribution is 2.51. The molecule has 0 amide bonds. The Bertz CT molecular complexity index is 925. The minimum absolute atomic E-state index is 0.0211. The average molecular weight is 433 g/mol. The molecular formula is C20H21BrN2O4. The Morgan fingerprint density at radius 2 is 2.00 bits per heavy atom. The standard InChI is InChI=1S/C20H21BrN2O4/c1-20(2)7-13(24)17-15(8-20)27-19(23)12(9-22)16(17)11-5-10(21)6-14(25-3)18(11)26-4/h5-6,16H,7-8,23H2,1-4H3. The number of Topliss-reactive ketones (excluding diaryl/α,β-unsaturated/α-hetero) is 1. The highest BCUT2D eigenvalue weighted by atomic mass is 79.9. The Labute approximate surface area is 166 Å². The second-order valence-electron chi connectivity index (χ2n) is 7.43. The van der Waals surface area contributed by atoms with Gasteiger partial charge in [-0.15, -0.1) is 0 Å². The molecule has 0 saturated carbocycles. The van der Waals surface area contributed by atoms with Crippen molar-refractivity contribution in [3.63, 3.8) is 0 Å². The van der Waals surface area contributed by atoms with E-state index in [1.165, 1.54) is 14.2 Å². The van der Waals surface area contributed by atoms with E-state index in [1.807, 2.05) is 19.9 Å². The van der Waals surface area contributed by atoms with Gasteiger partial charge in [-0.05, 0) is 17.5 Å². The van der Waals surface area contributed by atoms with Crippen molar-refractivity contribution in [3.8, 4) is 17.6 Å². The van der Waals surface area contributed by atoms with Gasteiger partial charge in [-0.25, -0.2) is 0 Å². The number of carbonyl (C=O) groups is 1. The van der Waals surface area contributed by atoms with Crippen LogP contribution in [0.5, 0.6) is 11.5 Å². The van der Waals surface area contributed by atoms with Crippen LogP contribution in [0.3, 0.4) is 0 Å². The second-order valence-corrected chi connectivity index (χ2v) is 8.35. The molecule has 0 aromatic heterocycles. The van der Waals surface area contributed by atoms with E-state index in [4.69, 9.17) is 19.9 Å². The fourth-order valence-electron chi connectivity index (χ4n) is 3.77. The first kappa shape index (κ1) is 19.3. The Morgan fingerprint density at radius 3 is 2.59 bits per heavy atom. The third-order valence-corrected chi connectivity index (χ3v) is 5.32. The van der Waals surface area contributed by atoms with Crippen molar-refractivity contribution >= 4 is 21.7 Å². The van der Waals surface area contributed by atoms with Gasteiger partial charge in [0.25, 0.3) is 0 Å². The van der Waals surface area contributed by atoms with Gasteiger partial charge in [0.2, 0.25) is 5.88 Å². The number of nitrogens with zero attached hydrogens (tertiary/aromatic N) is 1. The van der Waals surface area contributed by atoms with E-state index in [2.05, 4.69) is 22.0 Å². The number of ketones is 1. The predicted octanol–water partition coefficient (Wildman–Crippen LogP) is 3.92. The molecule has 0 spiro atoms. The van der Waals surface area contributed by atoms with Crippen LogP contribution in [0.25, 0.3) is 0 Å². The number of benzene rings is 1. The van der Waals surface area contributed by atoms with Gasteiger partial charge in [0.1, 0.15) is 17.4 Å². The zero-order chi connectivity index (χ0) is 19.9. The highest BCUT2D eigenvalue weighted by molar-refractivity contribution is 9.10. The van der Waals surface area contributed by atoms with Gasteiger partial charge in [0.05, 0.1) is 20.1 Å². The van der Waals surface area contributed by atoms with Gasteiger partial charge in [-0.1, -0.05) is 29.8 Å². The molecule has 142 valence electrons. The summed E-state index contributed by atoms with van der Waals surface area (Å²) in [7, 11) is 3.06. The molecule has 1 aliphatic carbocycles. The van der Waals surface area contributed by atoms with Crippen LogP contribution in [0.1, 0.15) is 38.2 Å². The molecular weight excluding hydrogens is 412 g/mol. The number of carbonyl (C=O) groups excluding carboxylic acids is 1. The summed E-state index contributed by atoms with van der Waals surface area (Å²) in [5, 5.41) is 9.75. The highest BCUT2D eigenvalue weighted by Gasteiger charge is 2.44. The molecule has 1 aromatic rings. The third kappa shape index (κ3) is 3.30. The Balaban J connectivity index is 2.30. The minimum atomic E-state index is -0.663. The number of rotatable bonds is 3. The van der Waals surface area contributed by atoms with Crippen LogP contribution in [0.2, 0.25) is 0 Å². The summed E-state index contributed by atoms with van der Waals surface area (Å²) in [6.07, 6.45) is 0.940. The lowest BCUT2D eigenvalue weighted by molar-refractivity contribution is -0.119. The summed E-state index contributed by atoms with van der Waals surface area (Å²) < 4.78 is 17.4. The molecule has 1 aliphatic heterocycles. The second kappa shape index (κ2) is 6.93. The number of nitrogens with two attached hydrogens (primary N) is 1. The van der Waals surface area contributed by atoms with Crippen molar-refractivity contribution in [2.75, 3.05) is 14.2 Å². The van der Waals surface area contributed by atoms with Gasteiger partial charge in [0.15, 0.2) is 17.3 Å². The fraction of sp³-hybridized carbons (Fsp3) is 0.400. The van der Waals surface area contributed by atoms with Crippen molar-refractivity contribution in [2.24, 2.45) is 11.1 Å². The summed E-state index contributed by atoms with van der Waals surface area (Å²) >= 11 is 3.46. The van der Waals surface area contributed by atoms with Crippen molar-refractivity contribution < 1.29 is 19.0 Å². The van der Waals surface area contributed by atoms with E-state index in [0.717, 1.165) is 4.47 Å². The van der Waals surface area contributed by atoms with Crippen molar-refractivity contribution in [1.82, 2.24) is 0 Å². The van der Waals surface area contributed by atoms with Crippen molar-refractivity contribution in [2.45, 2.75) is 32.6 Å². The number of methoxy groups -OCH3 is 2. The quantitative estimate of drug-likeness (QED) is 0.777. The van der Waals surface area contributed by atoms with E-state index in [0.29, 0.717) is 41.2 Å². The molecule has 2 N–H and O–H groups in total. The van der Waals surface area contributed by atoms with E-state index >= 15 is 0 Å². The summed E-state index contributed by atoms with van der Waals surface area (Å²) in [6.45, 7) is 4.02. The van der Waals surface area contributed by atoms with Gasteiger partial charge < -0.3 is 19.9 Å². The largest absolute Gasteiger partial charge is 0.493 e. The first-order valence-corrected chi connectivity index (χ1v) is 9.27. The topological polar surface area (TPSA) is 94.6 Å². The van der Waals surface area contributed by atoms with E-state index in [1.54, 1.807) is 6.07 Å². The predicted molar refractivity (Wildman–Crippen MR) is 103 cm³/mol. The molecule has 0 radical (unpaired) electrons. The number of nitriles is 1. The van der Waals surface area contributed by atoms with Crippen LogP contribution in [-0.2, 0) is 9.53 Å². The summed E-state index contributed by atoms with van der Waals surface area (Å²) in [5.41, 5.74) is 7.13. The maximum Gasteiger partial charge on any atom is 0.205 e. The van der Waals surface area contributed by atoms with Crippen molar-refractivity contribution in [1.29, 1.82) is 5.26 Å². The lowest BCUT2D eigenvalue weighted by Gasteiger charge is -2.37. The smallest absolute Gasteiger partial charge is 0.205 e. The molecule has 1 heterocycles. The Kier molecular flexibility index (Phi) is 4.96. The lowest BCUT2D eigenvalue weighted by atomic mass is 9.70. The number of ether oxygens (including phenoxy) is 3. The van der Waals surface area contributed by atoms with Gasteiger partial charge >= 0.3 is 0 Å². The normalized spacial score (nSPS) is 21.3. The molecule has 0 fully saturated rings. The minimum Gasteiger partial charge on any atom is -0.493 e. The first-order chi connectivity index (χ1) is 12.7. The monoisotopic (exact) mass is 432 g/mol. The average Bonchev–Trinajstić information content (AvgIpc) is 2.58. The number of hydrogen-bond donors (Lipinski definition) is 1. The first-order valence-electron chi connectivity index (χ1n) is 8.47. The third-order valence-electron chi connectivity index (χ3n) is 4.86. The number of allylic oxidation sites excluding steroid dienone is 3. The van der Waals surface area contributed by atoms with Crippen LogP contribution in [0.15, 0.2) is 39.4 Å². The molecule has 1 unspecified atom stereocenters. The Morgan fingerprint density at radius 1 is 1.30 bits per heavy atom. The van der Waals surface area contributed by atoms with Gasteiger partial charge in [-0.2, -0.15) is 5.26 Å². The molecule has 1 atom stereocenters. The van der Waals surface area contributed by atoms with Crippen molar-refractivity contribution in [3.05, 3.63) is 45.0 Å². The zero-order valence-corrected chi connectivity index (χ0v) is 17.3. The summed E-state index contributed by atoms with van der Waals surface area (Å²) in [4.78, 5) is 13.0. The van der Waals surface area contributed by atoms with E-state index in [-0.39, 0.29) is 22.7 Å². The maximum atomic E-state index is 13.0. The molecule has 6 nitrogen and oxygen atoms in total. The molecule has 2 aliphatic rings. The fourth-order valence-corrected chi connectivity index (χ4v) is 4.22. The van der Waals surface area contributed by atoms with Crippen LogP contribution in [0, 0.1) is 16.7 Å². The zero-order valence-electron chi connectivity index (χ0n) is 15.7. The Hall–Kier alpha value is -2.46. The van der Waals surface area contributed by atoms with Gasteiger partial charge in [-0.3, -0.25) is 4.79 Å². The SMILES string of the molecule is COc1cc(Br)cc(C2C(C#N)=C(N)OC3=C2C(=O)CC(C)(C)C3)c1OC. The van der Waals surface area contributed by atoms with Gasteiger partial charge in [0, 0.05) is 28.5 Å². The molecule has 0 saturated heterocycles. The molecule has 1 aromatic carbocycles. The van der Waals surface area contributed by atoms with E-state index < -0.39 is 5.92 Å². The summed E-state index contributed by atoms with van der Waals surface area (Å²) in [6, 6.07) is 5.70. The van der Waals surface area contributed by atoms with Crippen LogP contribution in [0.4, 0.5) is 0 Å². The van der Waals surface area contributed by atoms with E-state index in [9.17, 15) is 10.1 Å². The van der Waals surface area contributed by atoms with Crippen LogP contribution >= 0.6 is 15.9 Å².